The minimum absolute atomic E-state index is 0.146. The minimum atomic E-state index is 0.146. The highest BCUT2D eigenvalue weighted by atomic mass is 32.2. The van der Waals surface area contributed by atoms with E-state index in [1.54, 1.807) is 19.5 Å². The van der Waals surface area contributed by atoms with Crippen LogP contribution in [0, 0.1) is 5.92 Å². The van der Waals surface area contributed by atoms with E-state index in [-0.39, 0.29) is 5.91 Å². The van der Waals surface area contributed by atoms with Crippen molar-refractivity contribution in [2.24, 2.45) is 5.92 Å². The average Bonchev–Trinajstić information content (AvgIpc) is 3.37. The molecule has 1 fully saturated rings. The lowest BCUT2D eigenvalue weighted by atomic mass is 9.90. The highest BCUT2D eigenvalue weighted by Crippen LogP contribution is 2.29. The zero-order valence-corrected chi connectivity index (χ0v) is 21.1. The second kappa shape index (κ2) is 11.4. The maximum absolute atomic E-state index is 13.1. The maximum Gasteiger partial charge on any atom is 0.233 e. The van der Waals surface area contributed by atoms with Crippen molar-refractivity contribution in [2.45, 2.75) is 24.4 Å². The van der Waals surface area contributed by atoms with Gasteiger partial charge in [0.1, 0.15) is 5.75 Å². The molecule has 7 nitrogen and oxygen atoms in total. The fourth-order valence-electron chi connectivity index (χ4n) is 4.57. The summed E-state index contributed by atoms with van der Waals surface area (Å²) in [7, 11) is 1.65. The van der Waals surface area contributed by atoms with Crippen LogP contribution in [-0.4, -0.2) is 56.5 Å². The van der Waals surface area contributed by atoms with Gasteiger partial charge >= 0.3 is 0 Å². The van der Waals surface area contributed by atoms with Gasteiger partial charge < -0.3 is 9.64 Å². The topological polar surface area (TPSA) is 73.1 Å². The van der Waals surface area contributed by atoms with Crippen LogP contribution in [0.5, 0.6) is 5.75 Å². The molecule has 184 valence electrons. The van der Waals surface area contributed by atoms with Crippen LogP contribution in [0.4, 0.5) is 0 Å². The highest BCUT2D eigenvalue weighted by molar-refractivity contribution is 7.99. The zero-order valence-electron chi connectivity index (χ0n) is 20.3. The number of carbonyl (C=O) groups excluding carboxylic acids is 1. The van der Waals surface area contributed by atoms with Crippen molar-refractivity contribution >= 4 is 17.7 Å². The number of rotatable bonds is 8. The molecular weight excluding hydrogens is 470 g/mol. The number of hydrogen-bond acceptors (Lipinski definition) is 6. The van der Waals surface area contributed by atoms with Crippen LogP contribution in [0.2, 0.25) is 0 Å². The maximum atomic E-state index is 13.1. The Balaban J connectivity index is 1.26. The summed E-state index contributed by atoms with van der Waals surface area (Å²) in [5.41, 5.74) is 3.19. The Morgan fingerprint density at radius 3 is 2.39 bits per heavy atom. The van der Waals surface area contributed by atoms with Gasteiger partial charge in [-0.05, 0) is 67.1 Å². The first-order valence-corrected chi connectivity index (χ1v) is 13.1. The number of aromatic nitrogens is 4. The lowest BCUT2D eigenvalue weighted by Gasteiger charge is -2.32. The molecule has 1 aliphatic rings. The Morgan fingerprint density at radius 1 is 0.972 bits per heavy atom. The van der Waals surface area contributed by atoms with E-state index in [4.69, 9.17) is 4.74 Å². The molecule has 1 amide bonds. The fraction of sp³-hybridized carbons (Fsp3) is 0.286. The van der Waals surface area contributed by atoms with E-state index in [0.717, 1.165) is 49.4 Å². The number of likely N-dealkylation sites (tertiary alicyclic amines) is 1. The predicted molar refractivity (Wildman–Crippen MR) is 141 cm³/mol. The quantitative estimate of drug-likeness (QED) is 0.321. The molecule has 1 saturated heterocycles. The van der Waals surface area contributed by atoms with E-state index in [1.807, 2.05) is 45.9 Å². The van der Waals surface area contributed by atoms with Crippen molar-refractivity contribution in [2.75, 3.05) is 26.0 Å². The summed E-state index contributed by atoms with van der Waals surface area (Å²) in [4.78, 5) is 19.2. The number of methoxy groups -OCH3 is 1. The molecule has 3 heterocycles. The summed E-state index contributed by atoms with van der Waals surface area (Å²) in [6.45, 7) is 1.62. The molecule has 8 heteroatoms. The van der Waals surface area contributed by atoms with Crippen LogP contribution in [0.25, 0.3) is 17.1 Å². The van der Waals surface area contributed by atoms with Gasteiger partial charge in [0.15, 0.2) is 11.0 Å². The van der Waals surface area contributed by atoms with Crippen molar-refractivity contribution in [3.63, 3.8) is 0 Å². The van der Waals surface area contributed by atoms with Crippen LogP contribution < -0.4 is 4.74 Å². The third-order valence-corrected chi connectivity index (χ3v) is 7.48. The van der Waals surface area contributed by atoms with Crippen molar-refractivity contribution in [1.29, 1.82) is 0 Å². The Bertz CT molecular complexity index is 1270. The molecule has 36 heavy (non-hydrogen) atoms. The normalized spacial score (nSPS) is 14.1. The Morgan fingerprint density at radius 2 is 1.69 bits per heavy atom. The van der Waals surface area contributed by atoms with Crippen molar-refractivity contribution in [1.82, 2.24) is 24.6 Å². The number of ether oxygens (including phenoxy) is 1. The Kier molecular flexibility index (Phi) is 7.61. The van der Waals surface area contributed by atoms with Gasteiger partial charge in [-0.2, -0.15) is 0 Å². The molecule has 2 aromatic carbocycles. The smallest absolute Gasteiger partial charge is 0.233 e. The molecule has 0 aliphatic carbocycles. The number of amides is 1. The standard InChI is InChI=1S/C28H29N5O2S/c1-35-25-9-7-24(8-10-25)33-27(23-11-15-29-16-12-23)30-31-28(33)36-20-26(34)32-17-13-22(14-18-32)19-21-5-3-2-4-6-21/h2-12,15-16,22H,13-14,17-20H2,1H3. The number of hydrogen-bond donors (Lipinski definition) is 0. The summed E-state index contributed by atoms with van der Waals surface area (Å²) in [6, 6.07) is 22.2. The molecule has 0 bridgehead atoms. The predicted octanol–water partition coefficient (Wildman–Crippen LogP) is 4.91. The third-order valence-electron chi connectivity index (χ3n) is 6.56. The number of carbonyl (C=O) groups is 1. The molecule has 2 aromatic heterocycles. The fourth-order valence-corrected chi connectivity index (χ4v) is 5.42. The monoisotopic (exact) mass is 499 g/mol. The van der Waals surface area contributed by atoms with Crippen LogP contribution >= 0.6 is 11.8 Å². The van der Waals surface area contributed by atoms with E-state index in [2.05, 4.69) is 45.5 Å². The van der Waals surface area contributed by atoms with Crippen LogP contribution in [0.3, 0.4) is 0 Å². The van der Waals surface area contributed by atoms with E-state index in [1.165, 1.54) is 17.3 Å². The number of piperidine rings is 1. The molecule has 1 aliphatic heterocycles. The first kappa shape index (κ1) is 24.1. The number of benzene rings is 2. The van der Waals surface area contributed by atoms with Gasteiger partial charge in [-0.25, -0.2) is 0 Å². The largest absolute Gasteiger partial charge is 0.497 e. The first-order valence-electron chi connectivity index (χ1n) is 12.2. The molecule has 0 radical (unpaired) electrons. The molecule has 0 saturated carbocycles. The molecule has 0 atom stereocenters. The van der Waals surface area contributed by atoms with E-state index in [0.29, 0.717) is 22.7 Å². The van der Waals surface area contributed by atoms with Gasteiger partial charge in [0.05, 0.1) is 12.9 Å². The van der Waals surface area contributed by atoms with E-state index in [9.17, 15) is 4.79 Å². The lowest BCUT2D eigenvalue weighted by Crippen LogP contribution is -2.39. The second-order valence-electron chi connectivity index (χ2n) is 8.88. The van der Waals surface area contributed by atoms with Gasteiger partial charge in [-0.3, -0.25) is 14.3 Å². The Labute approximate surface area is 215 Å². The zero-order chi connectivity index (χ0) is 24.7. The summed E-state index contributed by atoms with van der Waals surface area (Å²) in [5.74, 6) is 2.59. The van der Waals surface area contributed by atoms with Crippen LogP contribution in [0.1, 0.15) is 18.4 Å². The molecule has 0 spiro atoms. The van der Waals surface area contributed by atoms with Crippen LogP contribution in [0.15, 0.2) is 84.3 Å². The number of thioether (sulfide) groups is 1. The number of nitrogens with zero attached hydrogens (tertiary/aromatic N) is 5. The average molecular weight is 500 g/mol. The van der Waals surface area contributed by atoms with Gasteiger partial charge in [0.25, 0.3) is 0 Å². The van der Waals surface area contributed by atoms with E-state index >= 15 is 0 Å². The SMILES string of the molecule is COc1ccc(-n2c(SCC(=O)N3CCC(Cc4ccccc4)CC3)nnc2-c2ccncc2)cc1. The minimum Gasteiger partial charge on any atom is -0.497 e. The summed E-state index contributed by atoms with van der Waals surface area (Å²) >= 11 is 1.42. The van der Waals surface area contributed by atoms with Crippen LogP contribution in [-0.2, 0) is 11.2 Å². The molecule has 0 unspecified atom stereocenters. The second-order valence-corrected chi connectivity index (χ2v) is 9.82. The summed E-state index contributed by atoms with van der Waals surface area (Å²) in [6.07, 6.45) is 6.64. The van der Waals surface area contributed by atoms with Gasteiger partial charge in [0, 0.05) is 36.7 Å². The van der Waals surface area contributed by atoms with Gasteiger partial charge in [-0.1, -0.05) is 42.1 Å². The molecule has 0 N–H and O–H groups in total. The first-order chi connectivity index (χ1) is 17.7. The molecule has 4 aromatic rings. The van der Waals surface area contributed by atoms with Gasteiger partial charge in [0.2, 0.25) is 5.91 Å². The van der Waals surface area contributed by atoms with Gasteiger partial charge in [-0.15, -0.1) is 10.2 Å². The summed E-state index contributed by atoms with van der Waals surface area (Å²) < 4.78 is 7.30. The van der Waals surface area contributed by atoms with Crippen molar-refractivity contribution in [3.8, 4) is 22.8 Å². The summed E-state index contributed by atoms with van der Waals surface area (Å²) in [5, 5.41) is 9.57. The Hall–Kier alpha value is -3.65. The molecule has 5 rings (SSSR count). The van der Waals surface area contributed by atoms with E-state index < -0.39 is 0 Å². The molecular formula is C28H29N5O2S. The van der Waals surface area contributed by atoms with Crippen molar-refractivity contribution in [3.05, 3.63) is 84.7 Å². The highest BCUT2D eigenvalue weighted by Gasteiger charge is 2.24. The third kappa shape index (κ3) is 5.60. The lowest BCUT2D eigenvalue weighted by molar-refractivity contribution is -0.129. The van der Waals surface area contributed by atoms with Crippen molar-refractivity contribution < 1.29 is 9.53 Å². The number of pyridine rings is 1.